The zero-order valence-corrected chi connectivity index (χ0v) is 13.1. The van der Waals surface area contributed by atoms with E-state index in [2.05, 4.69) is 0 Å². The van der Waals surface area contributed by atoms with Crippen LogP contribution in [0.3, 0.4) is 0 Å². The maximum Gasteiger partial charge on any atom is 0.335 e. The number of aromatic carboxylic acids is 1. The molecule has 1 fully saturated rings. The molecule has 1 aliphatic rings. The fourth-order valence-electron chi connectivity index (χ4n) is 3.18. The van der Waals surface area contributed by atoms with Crippen LogP contribution in [0.5, 0.6) is 0 Å². The van der Waals surface area contributed by atoms with Crippen molar-refractivity contribution in [2.24, 2.45) is 0 Å². The molecule has 1 atom stereocenters. The number of carbonyl (C=O) groups is 2. The van der Waals surface area contributed by atoms with Crippen molar-refractivity contribution in [2.45, 2.75) is 25.3 Å². The highest BCUT2D eigenvalue weighted by molar-refractivity contribution is 5.96. The van der Waals surface area contributed by atoms with Gasteiger partial charge >= 0.3 is 5.97 Å². The highest BCUT2D eigenvalue weighted by Crippen LogP contribution is 2.24. The normalized spacial score (nSPS) is 17.0. The summed E-state index contributed by atoms with van der Waals surface area (Å²) in [4.78, 5) is 25.3. The summed E-state index contributed by atoms with van der Waals surface area (Å²) >= 11 is 0. The number of likely N-dealkylation sites (tertiary alicyclic amines) is 1. The Labute approximate surface area is 139 Å². The van der Waals surface area contributed by atoms with Crippen LogP contribution in [0.15, 0.2) is 48.5 Å². The first-order valence-corrected chi connectivity index (χ1v) is 7.94. The van der Waals surface area contributed by atoms with Gasteiger partial charge in [-0.05, 0) is 43.0 Å². The fourth-order valence-corrected chi connectivity index (χ4v) is 3.18. The van der Waals surface area contributed by atoms with Gasteiger partial charge in [0.25, 0.3) is 5.91 Å². The predicted octanol–water partition coefficient (Wildman–Crippen LogP) is 3.37. The maximum absolute atomic E-state index is 14.2. The lowest BCUT2D eigenvalue weighted by Gasteiger charge is -2.25. The molecule has 124 valence electrons. The largest absolute Gasteiger partial charge is 0.478 e. The Bertz CT molecular complexity index is 760. The van der Waals surface area contributed by atoms with Crippen LogP contribution in [0, 0.1) is 5.82 Å². The van der Waals surface area contributed by atoms with Gasteiger partial charge in [-0.25, -0.2) is 9.18 Å². The number of hydrogen-bond acceptors (Lipinski definition) is 2. The topological polar surface area (TPSA) is 57.6 Å². The van der Waals surface area contributed by atoms with Crippen LogP contribution < -0.4 is 0 Å². The summed E-state index contributed by atoms with van der Waals surface area (Å²) in [6.45, 7) is 0.594. The zero-order chi connectivity index (χ0) is 17.1. The Morgan fingerprint density at radius 2 is 1.92 bits per heavy atom. The van der Waals surface area contributed by atoms with Gasteiger partial charge in [-0.3, -0.25) is 4.79 Å². The number of benzene rings is 2. The van der Waals surface area contributed by atoms with Gasteiger partial charge in [0.05, 0.1) is 11.1 Å². The van der Waals surface area contributed by atoms with E-state index in [0.29, 0.717) is 6.54 Å². The minimum Gasteiger partial charge on any atom is -0.478 e. The van der Waals surface area contributed by atoms with Crippen LogP contribution in [0.4, 0.5) is 4.39 Å². The maximum atomic E-state index is 14.2. The molecular formula is C19H18FNO3. The molecule has 24 heavy (non-hydrogen) atoms. The molecule has 1 amide bonds. The molecule has 1 heterocycles. The quantitative estimate of drug-likeness (QED) is 0.936. The van der Waals surface area contributed by atoms with Crippen molar-refractivity contribution >= 4 is 11.9 Å². The van der Waals surface area contributed by atoms with E-state index in [1.807, 2.05) is 30.3 Å². The number of hydrogen-bond donors (Lipinski definition) is 1. The number of rotatable bonds is 4. The molecule has 1 N–H and O–H groups in total. The van der Waals surface area contributed by atoms with Gasteiger partial charge in [0.1, 0.15) is 5.82 Å². The van der Waals surface area contributed by atoms with E-state index < -0.39 is 11.8 Å². The Morgan fingerprint density at radius 3 is 2.58 bits per heavy atom. The molecule has 1 unspecified atom stereocenters. The number of carboxylic acid groups (broad SMARTS) is 1. The van der Waals surface area contributed by atoms with Crippen molar-refractivity contribution in [3.8, 4) is 0 Å². The van der Waals surface area contributed by atoms with Crippen molar-refractivity contribution < 1.29 is 19.1 Å². The third kappa shape index (κ3) is 3.30. The highest BCUT2D eigenvalue weighted by Gasteiger charge is 2.30. The van der Waals surface area contributed by atoms with Gasteiger partial charge in [0.2, 0.25) is 0 Å². The van der Waals surface area contributed by atoms with Gasteiger partial charge in [0.15, 0.2) is 0 Å². The monoisotopic (exact) mass is 327 g/mol. The van der Waals surface area contributed by atoms with E-state index in [0.717, 1.165) is 30.9 Å². The van der Waals surface area contributed by atoms with E-state index in [1.54, 1.807) is 4.90 Å². The van der Waals surface area contributed by atoms with Crippen molar-refractivity contribution in [1.82, 2.24) is 4.90 Å². The van der Waals surface area contributed by atoms with Crippen LogP contribution in [-0.2, 0) is 6.42 Å². The summed E-state index contributed by atoms with van der Waals surface area (Å²) in [5.74, 6) is -2.37. The standard InChI is InChI=1S/C19H18FNO3/c20-17-12-14(19(23)24)8-9-16(17)18(22)21-10-4-7-15(21)11-13-5-2-1-3-6-13/h1-3,5-6,8-9,12,15H,4,7,10-11H2,(H,23,24). The molecule has 1 aliphatic heterocycles. The van der Waals surface area contributed by atoms with Gasteiger partial charge in [-0.2, -0.15) is 0 Å². The van der Waals surface area contributed by atoms with Crippen LogP contribution in [0.25, 0.3) is 0 Å². The second kappa shape index (κ2) is 6.83. The van der Waals surface area contributed by atoms with Crippen molar-refractivity contribution in [1.29, 1.82) is 0 Å². The first-order valence-electron chi connectivity index (χ1n) is 7.94. The van der Waals surface area contributed by atoms with Crippen molar-refractivity contribution in [3.63, 3.8) is 0 Å². The van der Waals surface area contributed by atoms with Crippen LogP contribution in [0.1, 0.15) is 39.1 Å². The van der Waals surface area contributed by atoms with Gasteiger partial charge < -0.3 is 10.0 Å². The third-order valence-corrected chi connectivity index (χ3v) is 4.40. The van der Waals surface area contributed by atoms with Crippen molar-refractivity contribution in [2.75, 3.05) is 6.54 Å². The minimum atomic E-state index is -1.21. The average molecular weight is 327 g/mol. The van der Waals surface area contributed by atoms with Crippen molar-refractivity contribution in [3.05, 3.63) is 71.0 Å². The molecule has 0 spiro atoms. The van der Waals surface area contributed by atoms with Gasteiger partial charge in [0, 0.05) is 12.6 Å². The molecule has 0 bridgehead atoms. The minimum absolute atomic E-state index is 0.0402. The lowest BCUT2D eigenvalue weighted by Crippen LogP contribution is -2.37. The molecule has 3 rings (SSSR count). The first kappa shape index (κ1) is 16.2. The highest BCUT2D eigenvalue weighted by atomic mass is 19.1. The molecule has 0 radical (unpaired) electrons. The zero-order valence-electron chi connectivity index (χ0n) is 13.1. The second-order valence-corrected chi connectivity index (χ2v) is 5.98. The number of carboxylic acids is 1. The average Bonchev–Trinajstić information content (AvgIpc) is 3.03. The fraction of sp³-hybridized carbons (Fsp3) is 0.263. The lowest BCUT2D eigenvalue weighted by atomic mass is 10.0. The third-order valence-electron chi connectivity index (χ3n) is 4.40. The van der Waals surface area contributed by atoms with E-state index in [9.17, 15) is 14.0 Å². The number of carbonyl (C=O) groups excluding carboxylic acids is 1. The van der Waals surface area contributed by atoms with E-state index >= 15 is 0 Å². The number of nitrogens with zero attached hydrogens (tertiary/aromatic N) is 1. The van der Waals surface area contributed by atoms with Crippen LogP contribution >= 0.6 is 0 Å². The predicted molar refractivity (Wildman–Crippen MR) is 87.6 cm³/mol. The van der Waals surface area contributed by atoms with Crippen LogP contribution in [0.2, 0.25) is 0 Å². The first-order chi connectivity index (χ1) is 11.6. The second-order valence-electron chi connectivity index (χ2n) is 5.98. The molecular weight excluding hydrogens is 309 g/mol. The molecule has 0 aromatic heterocycles. The molecule has 2 aromatic carbocycles. The van der Waals surface area contributed by atoms with Gasteiger partial charge in [-0.1, -0.05) is 30.3 Å². The molecule has 1 saturated heterocycles. The number of amides is 1. The van der Waals surface area contributed by atoms with E-state index in [4.69, 9.17) is 5.11 Å². The summed E-state index contributed by atoms with van der Waals surface area (Å²) in [6.07, 6.45) is 2.51. The summed E-state index contributed by atoms with van der Waals surface area (Å²) in [6, 6.07) is 13.4. The Hall–Kier alpha value is -2.69. The lowest BCUT2D eigenvalue weighted by molar-refractivity contribution is 0.0690. The van der Waals surface area contributed by atoms with E-state index in [-0.39, 0.29) is 23.1 Å². The Kier molecular flexibility index (Phi) is 4.60. The molecule has 4 nitrogen and oxygen atoms in total. The summed E-state index contributed by atoms with van der Waals surface area (Å²) < 4.78 is 14.2. The summed E-state index contributed by atoms with van der Waals surface area (Å²) in [7, 11) is 0. The SMILES string of the molecule is O=C(O)c1ccc(C(=O)N2CCCC2Cc2ccccc2)c(F)c1. The van der Waals surface area contributed by atoms with Crippen LogP contribution in [-0.4, -0.2) is 34.5 Å². The van der Waals surface area contributed by atoms with Gasteiger partial charge in [-0.15, -0.1) is 0 Å². The summed E-state index contributed by atoms with van der Waals surface area (Å²) in [5.41, 5.74) is 0.912. The molecule has 2 aromatic rings. The number of halogens is 1. The molecule has 0 saturated carbocycles. The summed E-state index contributed by atoms with van der Waals surface area (Å²) in [5, 5.41) is 8.89. The Morgan fingerprint density at radius 1 is 1.17 bits per heavy atom. The van der Waals surface area contributed by atoms with E-state index in [1.165, 1.54) is 12.1 Å². The smallest absolute Gasteiger partial charge is 0.335 e. The molecule has 0 aliphatic carbocycles. The molecule has 5 heteroatoms. The Balaban J connectivity index is 1.79.